The molecule has 1 aromatic heterocycles. The molecular weight excluding hydrogens is 278 g/mol. The molecule has 0 aliphatic rings. The van der Waals surface area contributed by atoms with Crippen molar-refractivity contribution in [1.82, 2.24) is 10.2 Å². The topological polar surface area (TPSA) is 121 Å². The third-order valence-corrected chi connectivity index (χ3v) is 2.40. The van der Waals surface area contributed by atoms with Gasteiger partial charge in [-0.1, -0.05) is 12.1 Å². The van der Waals surface area contributed by atoms with Crippen molar-refractivity contribution >= 4 is 17.6 Å². The van der Waals surface area contributed by atoms with E-state index < -0.39 is 24.0 Å². The van der Waals surface area contributed by atoms with Gasteiger partial charge in [0.15, 0.2) is 6.61 Å². The van der Waals surface area contributed by atoms with E-state index in [-0.39, 0.29) is 11.4 Å². The Morgan fingerprint density at radius 2 is 2.00 bits per heavy atom. The number of H-pyrrole nitrogens is 1. The van der Waals surface area contributed by atoms with E-state index in [1.807, 2.05) is 0 Å². The van der Waals surface area contributed by atoms with Crippen LogP contribution in [0.5, 0.6) is 5.75 Å². The van der Waals surface area contributed by atoms with Crippen LogP contribution in [-0.2, 0) is 4.79 Å². The number of ether oxygens (including phenoxy) is 1. The molecule has 2 aromatic rings. The predicted octanol–water partition coefficient (Wildman–Crippen LogP) is 0.486. The van der Waals surface area contributed by atoms with Gasteiger partial charge in [0.25, 0.3) is 11.5 Å². The van der Waals surface area contributed by atoms with Crippen molar-refractivity contribution in [2.45, 2.75) is 0 Å². The molecule has 1 aromatic carbocycles. The molecule has 0 saturated carbocycles. The van der Waals surface area contributed by atoms with Crippen LogP contribution in [0.25, 0.3) is 0 Å². The first-order valence-electron chi connectivity index (χ1n) is 5.87. The molecule has 0 fully saturated rings. The number of aromatic amines is 1. The van der Waals surface area contributed by atoms with E-state index in [2.05, 4.69) is 15.5 Å². The number of nitrogens with one attached hydrogen (secondary N) is 2. The molecular formula is C13H11N3O5. The maximum absolute atomic E-state index is 11.9. The summed E-state index contributed by atoms with van der Waals surface area (Å²) in [4.78, 5) is 33.3. The van der Waals surface area contributed by atoms with Gasteiger partial charge in [0.05, 0.1) is 5.69 Å². The van der Waals surface area contributed by atoms with Gasteiger partial charge in [-0.2, -0.15) is 5.10 Å². The highest BCUT2D eigenvalue weighted by Crippen LogP contribution is 2.23. The van der Waals surface area contributed by atoms with Crippen LogP contribution in [0.3, 0.4) is 0 Å². The highest BCUT2D eigenvalue weighted by atomic mass is 16.5. The van der Waals surface area contributed by atoms with E-state index in [4.69, 9.17) is 9.84 Å². The van der Waals surface area contributed by atoms with Gasteiger partial charge in [0.2, 0.25) is 0 Å². The fourth-order valence-electron chi connectivity index (χ4n) is 1.49. The maximum Gasteiger partial charge on any atom is 0.341 e. The molecule has 2 rings (SSSR count). The number of hydrogen-bond donors (Lipinski definition) is 3. The lowest BCUT2D eigenvalue weighted by Gasteiger charge is -2.10. The summed E-state index contributed by atoms with van der Waals surface area (Å²) in [7, 11) is 0. The summed E-state index contributed by atoms with van der Waals surface area (Å²) in [6, 6.07) is 8.83. The Hall–Kier alpha value is -3.16. The zero-order chi connectivity index (χ0) is 15.2. The van der Waals surface area contributed by atoms with Crippen molar-refractivity contribution in [3.63, 3.8) is 0 Å². The van der Waals surface area contributed by atoms with E-state index in [1.54, 1.807) is 18.2 Å². The average Bonchev–Trinajstić information content (AvgIpc) is 2.47. The van der Waals surface area contributed by atoms with Crippen LogP contribution in [0.1, 0.15) is 10.5 Å². The van der Waals surface area contributed by atoms with Crippen LogP contribution in [0.4, 0.5) is 5.69 Å². The minimum absolute atomic E-state index is 0.0163. The number of para-hydroxylation sites is 2. The Kier molecular flexibility index (Phi) is 4.30. The number of amides is 1. The quantitative estimate of drug-likeness (QED) is 0.736. The van der Waals surface area contributed by atoms with Crippen molar-refractivity contribution < 1.29 is 19.4 Å². The number of carbonyl (C=O) groups is 2. The average molecular weight is 289 g/mol. The van der Waals surface area contributed by atoms with E-state index >= 15 is 0 Å². The van der Waals surface area contributed by atoms with Crippen LogP contribution >= 0.6 is 0 Å². The normalized spacial score (nSPS) is 9.90. The number of carbonyl (C=O) groups excluding carboxylic acids is 1. The van der Waals surface area contributed by atoms with Gasteiger partial charge in [0, 0.05) is 6.07 Å². The summed E-state index contributed by atoms with van der Waals surface area (Å²) in [6.45, 7) is -0.524. The summed E-state index contributed by atoms with van der Waals surface area (Å²) in [6.07, 6.45) is 0. The van der Waals surface area contributed by atoms with Gasteiger partial charge in [-0.3, -0.25) is 9.59 Å². The van der Waals surface area contributed by atoms with Crippen LogP contribution in [0, 0.1) is 0 Å². The number of hydrogen-bond acceptors (Lipinski definition) is 5. The van der Waals surface area contributed by atoms with Gasteiger partial charge in [-0.05, 0) is 18.2 Å². The third kappa shape index (κ3) is 3.90. The number of anilines is 1. The Morgan fingerprint density at radius 3 is 2.67 bits per heavy atom. The lowest BCUT2D eigenvalue weighted by molar-refractivity contribution is -0.139. The summed E-state index contributed by atoms with van der Waals surface area (Å²) in [5.41, 5.74) is -0.101. The Balaban J connectivity index is 2.15. The first-order chi connectivity index (χ1) is 10.1. The summed E-state index contributed by atoms with van der Waals surface area (Å²) in [5, 5.41) is 16.9. The molecule has 0 aliphatic heterocycles. The summed E-state index contributed by atoms with van der Waals surface area (Å²) >= 11 is 0. The van der Waals surface area contributed by atoms with Gasteiger partial charge >= 0.3 is 5.97 Å². The number of carboxylic acid groups (broad SMARTS) is 1. The second kappa shape index (κ2) is 6.33. The van der Waals surface area contributed by atoms with Gasteiger partial charge in [-0.25, -0.2) is 9.89 Å². The summed E-state index contributed by atoms with van der Waals surface area (Å²) in [5.74, 6) is -1.46. The second-order valence-corrected chi connectivity index (χ2v) is 3.94. The van der Waals surface area contributed by atoms with Crippen molar-refractivity contribution in [2.24, 2.45) is 0 Å². The number of rotatable bonds is 5. The molecule has 0 bridgehead atoms. The van der Waals surface area contributed by atoms with Crippen LogP contribution in [-0.4, -0.2) is 33.8 Å². The number of aliphatic carboxylic acids is 1. The van der Waals surface area contributed by atoms with E-state index in [1.165, 1.54) is 18.2 Å². The Labute approximate surface area is 118 Å². The van der Waals surface area contributed by atoms with Crippen LogP contribution in [0.15, 0.2) is 41.2 Å². The highest BCUT2D eigenvalue weighted by molar-refractivity contribution is 6.03. The molecule has 0 spiro atoms. The first-order valence-corrected chi connectivity index (χ1v) is 5.87. The van der Waals surface area contributed by atoms with Crippen LogP contribution in [0.2, 0.25) is 0 Å². The number of nitrogens with zero attached hydrogens (tertiary/aromatic N) is 1. The molecule has 1 heterocycles. The molecule has 0 atom stereocenters. The molecule has 21 heavy (non-hydrogen) atoms. The molecule has 0 radical (unpaired) electrons. The minimum atomic E-state index is -1.13. The molecule has 3 N–H and O–H groups in total. The molecule has 8 heteroatoms. The van der Waals surface area contributed by atoms with Gasteiger partial charge in [0.1, 0.15) is 11.4 Å². The standard InChI is InChI=1S/C13H11N3O5/c17-11-6-5-9(15-16-11)13(20)14-8-3-1-2-4-10(8)21-7-12(18)19/h1-6H,7H2,(H,14,20)(H,16,17)(H,18,19). The highest BCUT2D eigenvalue weighted by Gasteiger charge is 2.11. The van der Waals surface area contributed by atoms with Crippen LogP contribution < -0.4 is 15.6 Å². The maximum atomic E-state index is 11.9. The van der Waals surface area contributed by atoms with E-state index in [9.17, 15) is 14.4 Å². The lowest BCUT2D eigenvalue weighted by Crippen LogP contribution is -2.18. The smallest absolute Gasteiger partial charge is 0.341 e. The Morgan fingerprint density at radius 1 is 1.24 bits per heavy atom. The number of carboxylic acids is 1. The second-order valence-electron chi connectivity index (χ2n) is 3.94. The van der Waals surface area contributed by atoms with E-state index in [0.29, 0.717) is 5.69 Å². The molecule has 0 aliphatic carbocycles. The predicted molar refractivity (Wildman–Crippen MR) is 72.4 cm³/mol. The van der Waals surface area contributed by atoms with E-state index in [0.717, 1.165) is 0 Å². The molecule has 1 amide bonds. The first kappa shape index (κ1) is 14.3. The molecule has 8 nitrogen and oxygen atoms in total. The van der Waals surface area contributed by atoms with Gasteiger partial charge < -0.3 is 15.2 Å². The van der Waals surface area contributed by atoms with Crippen molar-refractivity contribution in [3.8, 4) is 5.75 Å². The Bertz CT molecular complexity index is 705. The van der Waals surface area contributed by atoms with Gasteiger partial charge in [-0.15, -0.1) is 0 Å². The fraction of sp³-hybridized carbons (Fsp3) is 0.0769. The molecule has 108 valence electrons. The van der Waals surface area contributed by atoms with Crippen molar-refractivity contribution in [3.05, 3.63) is 52.4 Å². The zero-order valence-electron chi connectivity index (χ0n) is 10.7. The number of aromatic nitrogens is 2. The van der Waals surface area contributed by atoms with Crippen molar-refractivity contribution in [2.75, 3.05) is 11.9 Å². The molecule has 0 saturated heterocycles. The van der Waals surface area contributed by atoms with Crippen molar-refractivity contribution in [1.29, 1.82) is 0 Å². The lowest BCUT2D eigenvalue weighted by atomic mass is 10.2. The third-order valence-electron chi connectivity index (χ3n) is 2.40. The SMILES string of the molecule is O=C(O)COc1ccccc1NC(=O)c1ccc(=O)[nH]n1. The largest absolute Gasteiger partial charge is 0.480 e. The minimum Gasteiger partial charge on any atom is -0.480 e. The zero-order valence-corrected chi connectivity index (χ0v) is 10.7. The summed E-state index contributed by atoms with van der Waals surface area (Å²) < 4.78 is 5.06. The number of benzene rings is 1. The monoisotopic (exact) mass is 289 g/mol. The fourth-order valence-corrected chi connectivity index (χ4v) is 1.49. The molecule has 0 unspecified atom stereocenters.